The van der Waals surface area contributed by atoms with E-state index in [-0.39, 0.29) is 10.8 Å². The summed E-state index contributed by atoms with van der Waals surface area (Å²) in [5, 5.41) is 4.03. The van der Waals surface area contributed by atoms with E-state index in [1.807, 2.05) is 31.2 Å². The van der Waals surface area contributed by atoms with Crippen LogP contribution in [-0.2, 0) is 14.8 Å². The summed E-state index contributed by atoms with van der Waals surface area (Å²) in [6.45, 7) is 4.78. The van der Waals surface area contributed by atoms with Crippen molar-refractivity contribution in [1.82, 2.24) is 4.83 Å². The van der Waals surface area contributed by atoms with Crippen molar-refractivity contribution in [3.8, 4) is 5.75 Å². The molecule has 1 N–H and O–H groups in total. The fraction of sp³-hybridized carbons (Fsp3) is 0.300. The maximum absolute atomic E-state index is 12.4. The number of hydrogen-bond donors (Lipinski definition) is 1. The van der Waals surface area contributed by atoms with E-state index in [1.54, 1.807) is 24.0 Å². The number of ether oxygens (including phenoxy) is 1. The van der Waals surface area contributed by atoms with E-state index in [9.17, 15) is 13.2 Å². The molecule has 0 aromatic heterocycles. The summed E-state index contributed by atoms with van der Waals surface area (Å²) in [6, 6.07) is 13.5. The number of anilines is 1. The molecule has 1 saturated heterocycles. The summed E-state index contributed by atoms with van der Waals surface area (Å²) in [5.74, 6) is 0.706. The summed E-state index contributed by atoms with van der Waals surface area (Å²) < 4.78 is 30.2. The van der Waals surface area contributed by atoms with E-state index >= 15 is 0 Å². The zero-order chi connectivity index (χ0) is 20.1. The number of rotatable bonds is 7. The van der Waals surface area contributed by atoms with E-state index in [0.717, 1.165) is 17.7 Å². The van der Waals surface area contributed by atoms with Crippen molar-refractivity contribution in [2.45, 2.75) is 31.6 Å². The molecule has 0 bridgehead atoms. The van der Waals surface area contributed by atoms with Crippen molar-refractivity contribution >= 4 is 27.3 Å². The molecule has 0 radical (unpaired) electrons. The first kappa shape index (κ1) is 19.9. The van der Waals surface area contributed by atoms with Crippen LogP contribution in [0.4, 0.5) is 5.69 Å². The van der Waals surface area contributed by atoms with Crippen molar-refractivity contribution in [3.63, 3.8) is 0 Å². The highest BCUT2D eigenvalue weighted by Gasteiger charge is 2.22. The van der Waals surface area contributed by atoms with Crippen LogP contribution in [0.1, 0.15) is 32.3 Å². The van der Waals surface area contributed by atoms with Gasteiger partial charge in [-0.25, -0.2) is 0 Å². The van der Waals surface area contributed by atoms with Gasteiger partial charge in [0.05, 0.1) is 17.2 Å². The van der Waals surface area contributed by atoms with Gasteiger partial charge >= 0.3 is 0 Å². The van der Waals surface area contributed by atoms with Gasteiger partial charge in [0.1, 0.15) is 5.75 Å². The Kier molecular flexibility index (Phi) is 5.99. The minimum absolute atomic E-state index is 0.0999. The third-order valence-corrected chi connectivity index (χ3v) is 5.65. The molecular formula is C20H23N3O4S. The van der Waals surface area contributed by atoms with Crippen LogP contribution in [0.3, 0.4) is 0 Å². The Bertz CT molecular complexity index is 985. The third-order valence-electron chi connectivity index (χ3n) is 4.43. The third kappa shape index (κ3) is 4.51. The smallest absolute Gasteiger partial charge is 0.276 e. The van der Waals surface area contributed by atoms with Crippen molar-refractivity contribution < 1.29 is 17.9 Å². The maximum Gasteiger partial charge on any atom is 0.276 e. The van der Waals surface area contributed by atoms with Gasteiger partial charge in [0, 0.05) is 18.7 Å². The SMILES string of the molecule is CCOc1ccc(S(=O)(=O)N/N=C(/C)c2cccc(N3CCCC3=O)c2)cc1. The molecule has 0 saturated carbocycles. The lowest BCUT2D eigenvalue weighted by atomic mass is 10.1. The Morgan fingerprint density at radius 3 is 2.61 bits per heavy atom. The van der Waals surface area contributed by atoms with Crippen molar-refractivity contribution in [2.75, 3.05) is 18.1 Å². The molecule has 8 heteroatoms. The standard InChI is InChI=1S/C20H23N3O4S/c1-3-27-18-9-11-19(12-10-18)28(25,26)22-21-15(2)16-6-4-7-17(14-16)23-13-5-8-20(23)24/h4,6-7,9-12,14,22H,3,5,8,13H2,1-2H3/b21-15-. The van der Waals surface area contributed by atoms with Gasteiger partial charge in [-0.15, -0.1) is 0 Å². The van der Waals surface area contributed by atoms with Crippen molar-refractivity contribution in [1.29, 1.82) is 0 Å². The topological polar surface area (TPSA) is 88.1 Å². The molecule has 3 rings (SSSR count). The summed E-state index contributed by atoms with van der Waals surface area (Å²) in [6.07, 6.45) is 1.40. The molecule has 1 heterocycles. The predicted molar refractivity (Wildman–Crippen MR) is 108 cm³/mol. The molecule has 2 aromatic carbocycles. The summed E-state index contributed by atoms with van der Waals surface area (Å²) in [7, 11) is -3.79. The first-order valence-electron chi connectivity index (χ1n) is 9.10. The van der Waals surface area contributed by atoms with Crippen LogP contribution in [0.5, 0.6) is 5.75 Å². The number of hydrogen-bond acceptors (Lipinski definition) is 5. The van der Waals surface area contributed by atoms with Crippen LogP contribution < -0.4 is 14.5 Å². The zero-order valence-corrected chi connectivity index (χ0v) is 16.7. The minimum Gasteiger partial charge on any atom is -0.494 e. The lowest BCUT2D eigenvalue weighted by molar-refractivity contribution is -0.117. The van der Waals surface area contributed by atoms with E-state index in [4.69, 9.17) is 4.74 Å². The second-order valence-corrected chi connectivity index (χ2v) is 8.06. The van der Waals surface area contributed by atoms with Crippen LogP contribution in [0, 0.1) is 0 Å². The van der Waals surface area contributed by atoms with Crippen LogP contribution in [0.2, 0.25) is 0 Å². The van der Waals surface area contributed by atoms with Gasteiger partial charge in [0.15, 0.2) is 0 Å². The van der Waals surface area contributed by atoms with Crippen molar-refractivity contribution in [3.05, 3.63) is 54.1 Å². The Morgan fingerprint density at radius 1 is 1.21 bits per heavy atom. The molecule has 1 aliphatic heterocycles. The van der Waals surface area contributed by atoms with Gasteiger partial charge in [-0.1, -0.05) is 12.1 Å². The summed E-state index contributed by atoms with van der Waals surface area (Å²) in [4.78, 5) is 16.0. The average molecular weight is 401 g/mol. The molecule has 0 aliphatic carbocycles. The lowest BCUT2D eigenvalue weighted by Crippen LogP contribution is -2.24. The number of carbonyl (C=O) groups is 1. The molecule has 0 unspecified atom stereocenters. The van der Waals surface area contributed by atoms with Gasteiger partial charge in [0.2, 0.25) is 5.91 Å². The molecule has 148 valence electrons. The number of nitrogens with zero attached hydrogens (tertiary/aromatic N) is 2. The molecular weight excluding hydrogens is 378 g/mol. The average Bonchev–Trinajstić information content (AvgIpc) is 3.13. The molecule has 0 atom stereocenters. The largest absolute Gasteiger partial charge is 0.494 e. The predicted octanol–water partition coefficient (Wildman–Crippen LogP) is 2.91. The number of amides is 1. The molecule has 1 fully saturated rings. The second-order valence-electron chi connectivity index (χ2n) is 6.40. The number of sulfonamides is 1. The van der Waals surface area contributed by atoms with E-state index in [2.05, 4.69) is 9.93 Å². The molecule has 1 aliphatic rings. The number of carbonyl (C=O) groups excluding carboxylic acids is 1. The summed E-state index contributed by atoms with van der Waals surface area (Å²) >= 11 is 0. The maximum atomic E-state index is 12.4. The van der Waals surface area contributed by atoms with Crippen molar-refractivity contribution in [2.24, 2.45) is 5.10 Å². The van der Waals surface area contributed by atoms with Crippen LogP contribution >= 0.6 is 0 Å². The second kappa shape index (κ2) is 8.43. The molecule has 1 amide bonds. The fourth-order valence-electron chi connectivity index (χ4n) is 2.95. The molecule has 28 heavy (non-hydrogen) atoms. The molecule has 7 nitrogen and oxygen atoms in total. The Hall–Kier alpha value is -2.87. The highest BCUT2D eigenvalue weighted by molar-refractivity contribution is 7.89. The van der Waals surface area contributed by atoms with Gasteiger partial charge in [0.25, 0.3) is 10.0 Å². The van der Waals surface area contributed by atoms with Crippen LogP contribution in [0.25, 0.3) is 0 Å². The fourth-order valence-corrected chi connectivity index (χ4v) is 3.80. The Balaban J connectivity index is 1.75. The Morgan fingerprint density at radius 2 is 1.96 bits per heavy atom. The monoisotopic (exact) mass is 401 g/mol. The highest BCUT2D eigenvalue weighted by atomic mass is 32.2. The first-order valence-corrected chi connectivity index (χ1v) is 10.6. The van der Waals surface area contributed by atoms with Crippen LogP contribution in [0.15, 0.2) is 58.5 Å². The van der Waals surface area contributed by atoms with E-state index in [1.165, 1.54) is 12.1 Å². The van der Waals surface area contributed by atoms with Gasteiger partial charge < -0.3 is 9.64 Å². The summed E-state index contributed by atoms with van der Waals surface area (Å²) in [5.41, 5.74) is 2.04. The van der Waals surface area contributed by atoms with E-state index in [0.29, 0.717) is 31.0 Å². The number of nitrogens with one attached hydrogen (secondary N) is 1. The number of hydrazone groups is 1. The van der Waals surface area contributed by atoms with Gasteiger partial charge in [-0.2, -0.15) is 18.4 Å². The van der Waals surface area contributed by atoms with Gasteiger partial charge in [-0.05, 0) is 62.2 Å². The Labute approximate surface area is 165 Å². The van der Waals surface area contributed by atoms with Gasteiger partial charge in [-0.3, -0.25) is 4.79 Å². The first-order chi connectivity index (χ1) is 13.4. The normalized spacial score (nSPS) is 15.0. The molecule has 0 spiro atoms. The quantitative estimate of drug-likeness (QED) is 0.571. The highest BCUT2D eigenvalue weighted by Crippen LogP contribution is 2.22. The number of benzene rings is 2. The molecule has 2 aromatic rings. The van der Waals surface area contributed by atoms with E-state index < -0.39 is 10.0 Å². The zero-order valence-electron chi connectivity index (χ0n) is 15.9. The van der Waals surface area contributed by atoms with Crippen LogP contribution in [-0.4, -0.2) is 33.2 Å². The lowest BCUT2D eigenvalue weighted by Gasteiger charge is -2.16. The minimum atomic E-state index is -3.79.